The molecule has 2 aromatic rings. The smallest absolute Gasteiger partial charge is 0.325 e. The zero-order valence-corrected chi connectivity index (χ0v) is 17.9. The van der Waals surface area contributed by atoms with Crippen molar-refractivity contribution in [3.63, 3.8) is 0 Å². The molecule has 2 aromatic carbocycles. The third kappa shape index (κ3) is 4.22. The number of nitrogens with one attached hydrogen (secondary N) is 1. The second kappa shape index (κ2) is 9.11. The summed E-state index contributed by atoms with van der Waals surface area (Å²) < 4.78 is 0. The summed E-state index contributed by atoms with van der Waals surface area (Å²) in [6.07, 6.45) is 2.16. The van der Waals surface area contributed by atoms with Crippen molar-refractivity contribution in [1.82, 2.24) is 15.1 Å². The summed E-state index contributed by atoms with van der Waals surface area (Å²) in [5, 5.41) is 2.86. The number of imide groups is 1. The van der Waals surface area contributed by atoms with Crippen molar-refractivity contribution >= 4 is 17.8 Å². The predicted molar refractivity (Wildman–Crippen MR) is 116 cm³/mol. The van der Waals surface area contributed by atoms with Gasteiger partial charge in [0.25, 0.3) is 5.91 Å². The van der Waals surface area contributed by atoms with Crippen LogP contribution < -0.4 is 5.32 Å². The highest BCUT2D eigenvalue weighted by Gasteiger charge is 2.52. The molecule has 1 heterocycles. The van der Waals surface area contributed by atoms with E-state index < -0.39 is 11.6 Å². The molecule has 4 amide bonds. The van der Waals surface area contributed by atoms with Crippen molar-refractivity contribution in [2.45, 2.75) is 45.2 Å². The van der Waals surface area contributed by atoms with Crippen molar-refractivity contribution in [2.24, 2.45) is 0 Å². The number of rotatable bonds is 8. The molecule has 1 N–H and O–H groups in total. The lowest BCUT2D eigenvalue weighted by Crippen LogP contribution is -2.45. The van der Waals surface area contributed by atoms with Crippen LogP contribution in [0.15, 0.2) is 54.6 Å². The van der Waals surface area contributed by atoms with Crippen LogP contribution in [0.5, 0.6) is 0 Å². The second-order valence-corrected chi connectivity index (χ2v) is 7.76. The van der Waals surface area contributed by atoms with Gasteiger partial charge < -0.3 is 10.2 Å². The molecule has 1 aliphatic heterocycles. The molecule has 1 atom stereocenters. The Morgan fingerprint density at radius 1 is 1.00 bits per heavy atom. The molecule has 30 heavy (non-hydrogen) atoms. The Balaban J connectivity index is 1.73. The fourth-order valence-electron chi connectivity index (χ4n) is 3.88. The summed E-state index contributed by atoms with van der Waals surface area (Å²) >= 11 is 0. The average Bonchev–Trinajstić information content (AvgIpc) is 3.00. The summed E-state index contributed by atoms with van der Waals surface area (Å²) in [7, 11) is 1.69. The van der Waals surface area contributed by atoms with Gasteiger partial charge in [0.1, 0.15) is 12.1 Å². The van der Waals surface area contributed by atoms with E-state index in [1.165, 1.54) is 5.56 Å². The maximum atomic E-state index is 13.3. The van der Waals surface area contributed by atoms with Gasteiger partial charge in [-0.1, -0.05) is 74.9 Å². The molecule has 0 unspecified atom stereocenters. The molecule has 1 fully saturated rings. The molecule has 0 radical (unpaired) electrons. The van der Waals surface area contributed by atoms with Gasteiger partial charge in [0.05, 0.1) is 0 Å². The summed E-state index contributed by atoms with van der Waals surface area (Å²) in [5.41, 5.74) is 1.87. The number of benzene rings is 2. The first kappa shape index (κ1) is 21.6. The van der Waals surface area contributed by atoms with E-state index in [2.05, 4.69) is 12.2 Å². The highest BCUT2D eigenvalue weighted by molar-refractivity contribution is 6.09. The molecule has 0 bridgehead atoms. The molecule has 3 rings (SSSR count). The van der Waals surface area contributed by atoms with Crippen LogP contribution >= 0.6 is 0 Å². The topological polar surface area (TPSA) is 69.7 Å². The first-order valence-electron chi connectivity index (χ1n) is 10.4. The molecular weight excluding hydrogens is 378 g/mol. The van der Waals surface area contributed by atoms with Gasteiger partial charge in [-0.25, -0.2) is 4.79 Å². The Hall–Kier alpha value is -3.15. The van der Waals surface area contributed by atoms with Crippen molar-refractivity contribution in [3.8, 4) is 0 Å². The summed E-state index contributed by atoms with van der Waals surface area (Å²) in [4.78, 5) is 41.3. The third-order valence-corrected chi connectivity index (χ3v) is 5.64. The van der Waals surface area contributed by atoms with Crippen LogP contribution in [0.25, 0.3) is 0 Å². The number of hydrogen-bond acceptors (Lipinski definition) is 3. The van der Waals surface area contributed by atoms with Gasteiger partial charge in [-0.15, -0.1) is 0 Å². The monoisotopic (exact) mass is 407 g/mol. The number of urea groups is 1. The Morgan fingerprint density at radius 2 is 1.63 bits per heavy atom. The molecule has 6 heteroatoms. The zero-order valence-electron chi connectivity index (χ0n) is 17.9. The number of hydrogen-bond donors (Lipinski definition) is 1. The first-order valence-corrected chi connectivity index (χ1v) is 10.4. The van der Waals surface area contributed by atoms with Crippen LogP contribution in [0.2, 0.25) is 0 Å². The van der Waals surface area contributed by atoms with Crippen LogP contribution in [-0.2, 0) is 28.1 Å². The normalized spacial score (nSPS) is 18.4. The molecular formula is C24H29N3O3. The SMILES string of the molecule is CCC[C@]1(c2ccccc2)NC(=O)N(CC(=O)N(C)Cc2ccc(CC)cc2)C1=O. The van der Waals surface area contributed by atoms with Crippen LogP contribution in [-0.4, -0.2) is 41.2 Å². The number of amides is 4. The van der Waals surface area contributed by atoms with E-state index in [0.717, 1.165) is 28.9 Å². The van der Waals surface area contributed by atoms with Crippen molar-refractivity contribution < 1.29 is 14.4 Å². The Kier molecular flexibility index (Phi) is 6.55. The molecule has 0 aliphatic carbocycles. The molecule has 0 aromatic heterocycles. The van der Waals surface area contributed by atoms with Gasteiger partial charge in [-0.3, -0.25) is 14.5 Å². The van der Waals surface area contributed by atoms with Gasteiger partial charge in [-0.2, -0.15) is 0 Å². The molecule has 158 valence electrons. The van der Waals surface area contributed by atoms with E-state index in [1.807, 2.05) is 61.5 Å². The van der Waals surface area contributed by atoms with Gasteiger partial charge in [0, 0.05) is 13.6 Å². The zero-order chi connectivity index (χ0) is 21.7. The highest BCUT2D eigenvalue weighted by Crippen LogP contribution is 2.33. The molecule has 1 saturated heterocycles. The molecule has 1 aliphatic rings. The number of likely N-dealkylation sites (N-methyl/N-ethyl adjacent to an activating group) is 1. The Morgan fingerprint density at radius 3 is 2.23 bits per heavy atom. The van der Waals surface area contributed by atoms with Gasteiger partial charge >= 0.3 is 6.03 Å². The molecule has 6 nitrogen and oxygen atoms in total. The van der Waals surface area contributed by atoms with E-state index in [1.54, 1.807) is 11.9 Å². The number of carbonyl (C=O) groups is 3. The average molecular weight is 408 g/mol. The van der Waals surface area contributed by atoms with Crippen molar-refractivity contribution in [2.75, 3.05) is 13.6 Å². The maximum absolute atomic E-state index is 13.3. The third-order valence-electron chi connectivity index (χ3n) is 5.64. The second-order valence-electron chi connectivity index (χ2n) is 7.76. The van der Waals surface area contributed by atoms with Crippen LogP contribution in [0.1, 0.15) is 43.4 Å². The van der Waals surface area contributed by atoms with Crippen LogP contribution in [0, 0.1) is 0 Å². The number of nitrogens with zero attached hydrogens (tertiary/aromatic N) is 2. The largest absolute Gasteiger partial charge is 0.340 e. The van der Waals surface area contributed by atoms with Crippen molar-refractivity contribution in [1.29, 1.82) is 0 Å². The lowest BCUT2D eigenvalue weighted by atomic mass is 9.85. The van der Waals surface area contributed by atoms with Crippen LogP contribution in [0.4, 0.5) is 4.79 Å². The Labute approximate surface area is 177 Å². The lowest BCUT2D eigenvalue weighted by molar-refractivity contribution is -0.139. The minimum Gasteiger partial charge on any atom is -0.340 e. The van der Waals surface area contributed by atoms with E-state index in [9.17, 15) is 14.4 Å². The fourth-order valence-corrected chi connectivity index (χ4v) is 3.88. The summed E-state index contributed by atoms with van der Waals surface area (Å²) in [5.74, 6) is -0.645. The van der Waals surface area contributed by atoms with Gasteiger partial charge in [-0.05, 0) is 29.5 Å². The van der Waals surface area contributed by atoms with Gasteiger partial charge in [0.15, 0.2) is 0 Å². The minimum absolute atomic E-state index is 0.271. The maximum Gasteiger partial charge on any atom is 0.325 e. The number of carbonyl (C=O) groups excluding carboxylic acids is 3. The van der Waals surface area contributed by atoms with E-state index in [4.69, 9.17) is 0 Å². The van der Waals surface area contributed by atoms with Crippen molar-refractivity contribution in [3.05, 3.63) is 71.3 Å². The molecule has 0 spiro atoms. The van der Waals surface area contributed by atoms with E-state index >= 15 is 0 Å². The van der Waals surface area contributed by atoms with Crippen LogP contribution in [0.3, 0.4) is 0 Å². The predicted octanol–water partition coefficient (Wildman–Crippen LogP) is 3.45. The number of aryl methyl sites for hydroxylation is 1. The minimum atomic E-state index is -1.11. The standard InChI is InChI=1S/C24H29N3O3/c1-4-15-24(20-9-7-6-8-10-20)22(29)27(23(30)25-24)17-21(28)26(3)16-19-13-11-18(5-2)12-14-19/h6-14H,4-5,15-17H2,1-3H3,(H,25,30)/t24-/m1/s1. The summed E-state index contributed by atoms with van der Waals surface area (Å²) in [6.45, 7) is 4.21. The molecule has 0 saturated carbocycles. The van der Waals surface area contributed by atoms with E-state index in [-0.39, 0.29) is 18.4 Å². The highest BCUT2D eigenvalue weighted by atomic mass is 16.2. The Bertz CT molecular complexity index is 911. The van der Waals surface area contributed by atoms with Gasteiger partial charge in [0.2, 0.25) is 5.91 Å². The fraction of sp³-hybridized carbons (Fsp3) is 0.375. The van der Waals surface area contributed by atoms with E-state index in [0.29, 0.717) is 13.0 Å². The first-order chi connectivity index (χ1) is 14.4. The quantitative estimate of drug-likeness (QED) is 0.682. The lowest BCUT2D eigenvalue weighted by Gasteiger charge is -2.27. The summed E-state index contributed by atoms with van der Waals surface area (Å²) in [6, 6.07) is 16.8.